The van der Waals surface area contributed by atoms with Gasteiger partial charge in [-0.2, -0.15) is 0 Å². The maximum Gasteiger partial charge on any atom is 0.134 e. The van der Waals surface area contributed by atoms with Gasteiger partial charge in [0.2, 0.25) is 0 Å². The Balaban J connectivity index is 3.04. The van der Waals surface area contributed by atoms with E-state index in [4.69, 9.17) is 11.6 Å². The largest absolute Gasteiger partial charge is 0.300 e. The van der Waals surface area contributed by atoms with Gasteiger partial charge in [-0.05, 0) is 19.1 Å². The molecule has 0 aromatic heterocycles. The van der Waals surface area contributed by atoms with Gasteiger partial charge in [0.25, 0.3) is 0 Å². The number of carbonyl (C=O) groups excluding carboxylic acids is 1. The second-order valence-corrected chi connectivity index (χ2v) is 2.99. The average Bonchev–Trinajstić information content (AvgIpc) is 1.97. The van der Waals surface area contributed by atoms with Gasteiger partial charge in [-0.1, -0.05) is 17.7 Å². The van der Waals surface area contributed by atoms with E-state index in [-0.39, 0.29) is 17.8 Å². The van der Waals surface area contributed by atoms with Crippen LogP contribution in [0.15, 0.2) is 18.2 Å². The first-order valence-electron chi connectivity index (χ1n) is 3.53. The molecule has 0 aliphatic heterocycles. The fourth-order valence-electron chi connectivity index (χ4n) is 0.950. The van der Waals surface area contributed by atoms with Crippen molar-refractivity contribution in [3.8, 4) is 0 Å². The van der Waals surface area contributed by atoms with Crippen molar-refractivity contribution >= 4 is 17.4 Å². The molecule has 0 amide bonds. The summed E-state index contributed by atoms with van der Waals surface area (Å²) in [6, 6.07) is 4.38. The van der Waals surface area contributed by atoms with Crippen LogP contribution in [0, 0.1) is 5.82 Å². The molecule has 0 saturated carbocycles. The number of carbonyl (C=O) groups is 1. The van der Waals surface area contributed by atoms with Gasteiger partial charge in [0.15, 0.2) is 0 Å². The zero-order valence-corrected chi connectivity index (χ0v) is 7.36. The van der Waals surface area contributed by atoms with Gasteiger partial charge >= 0.3 is 0 Å². The maximum atomic E-state index is 13.0. The first-order chi connectivity index (χ1) is 5.61. The van der Waals surface area contributed by atoms with Crippen LogP contribution in [0.25, 0.3) is 0 Å². The third-order valence-electron chi connectivity index (χ3n) is 1.49. The van der Waals surface area contributed by atoms with Crippen LogP contribution in [-0.4, -0.2) is 5.78 Å². The van der Waals surface area contributed by atoms with Gasteiger partial charge < -0.3 is 0 Å². The Morgan fingerprint density at radius 2 is 2.25 bits per heavy atom. The Hall–Kier alpha value is -0.890. The minimum Gasteiger partial charge on any atom is -0.300 e. The van der Waals surface area contributed by atoms with Gasteiger partial charge in [0, 0.05) is 17.0 Å². The number of Topliss-reactive ketones (excluding diaryl/α,β-unsaturated/α-hetero) is 1. The van der Waals surface area contributed by atoms with Crippen molar-refractivity contribution in [2.24, 2.45) is 0 Å². The summed E-state index contributed by atoms with van der Waals surface area (Å²) in [5.41, 5.74) is 0.284. The van der Waals surface area contributed by atoms with Crippen LogP contribution < -0.4 is 0 Å². The Bertz CT molecular complexity index is 289. The lowest BCUT2D eigenvalue weighted by atomic mass is 10.1. The second-order valence-electron chi connectivity index (χ2n) is 2.58. The van der Waals surface area contributed by atoms with Gasteiger partial charge in [-0.3, -0.25) is 4.79 Å². The first-order valence-corrected chi connectivity index (χ1v) is 3.91. The Morgan fingerprint density at radius 3 is 2.75 bits per heavy atom. The van der Waals surface area contributed by atoms with Crippen LogP contribution in [-0.2, 0) is 11.2 Å². The summed E-state index contributed by atoms with van der Waals surface area (Å²) < 4.78 is 13.0. The van der Waals surface area contributed by atoms with E-state index in [1.165, 1.54) is 19.1 Å². The van der Waals surface area contributed by atoms with Crippen LogP contribution >= 0.6 is 11.6 Å². The molecule has 0 unspecified atom stereocenters. The molecule has 0 spiro atoms. The zero-order valence-electron chi connectivity index (χ0n) is 6.60. The summed E-state index contributed by atoms with van der Waals surface area (Å²) in [7, 11) is 0. The minimum absolute atomic E-state index is 0.0610. The van der Waals surface area contributed by atoms with Crippen molar-refractivity contribution in [3.05, 3.63) is 34.6 Å². The molecule has 1 aromatic rings. The van der Waals surface area contributed by atoms with E-state index in [9.17, 15) is 9.18 Å². The molecular weight excluding hydrogens is 179 g/mol. The van der Waals surface area contributed by atoms with Crippen molar-refractivity contribution in [1.82, 2.24) is 0 Å². The summed E-state index contributed by atoms with van der Waals surface area (Å²) in [5.74, 6) is -0.514. The Morgan fingerprint density at radius 1 is 1.58 bits per heavy atom. The topological polar surface area (TPSA) is 17.1 Å². The summed E-state index contributed by atoms with van der Waals surface area (Å²) in [4.78, 5) is 10.7. The lowest BCUT2D eigenvalue weighted by Gasteiger charge is -2.01. The third-order valence-corrected chi connectivity index (χ3v) is 1.84. The van der Waals surface area contributed by atoms with Crippen molar-refractivity contribution in [2.45, 2.75) is 13.3 Å². The molecule has 0 atom stereocenters. The molecule has 64 valence electrons. The molecule has 0 heterocycles. The molecular formula is C9H8ClFO. The zero-order chi connectivity index (χ0) is 9.14. The van der Waals surface area contributed by atoms with E-state index in [1.54, 1.807) is 6.07 Å². The van der Waals surface area contributed by atoms with E-state index in [1.807, 2.05) is 0 Å². The predicted molar refractivity (Wildman–Crippen MR) is 45.8 cm³/mol. The summed E-state index contributed by atoms with van der Waals surface area (Å²) >= 11 is 5.68. The highest BCUT2D eigenvalue weighted by Crippen LogP contribution is 2.19. The van der Waals surface area contributed by atoms with E-state index in [0.717, 1.165) is 0 Å². The number of hydrogen-bond acceptors (Lipinski definition) is 1. The molecule has 1 rings (SSSR count). The Kier molecular flexibility index (Phi) is 2.82. The minimum atomic E-state index is -0.419. The van der Waals surface area contributed by atoms with Crippen molar-refractivity contribution in [1.29, 1.82) is 0 Å². The van der Waals surface area contributed by atoms with Crippen LogP contribution in [0.1, 0.15) is 12.5 Å². The van der Waals surface area contributed by atoms with Crippen LogP contribution in [0.2, 0.25) is 5.02 Å². The fourth-order valence-corrected chi connectivity index (χ4v) is 1.18. The number of halogens is 2. The fraction of sp³-hybridized carbons (Fsp3) is 0.222. The van der Waals surface area contributed by atoms with E-state index in [2.05, 4.69) is 0 Å². The number of benzene rings is 1. The molecule has 0 radical (unpaired) electrons. The molecule has 12 heavy (non-hydrogen) atoms. The van der Waals surface area contributed by atoms with Crippen LogP contribution in [0.3, 0.4) is 0 Å². The number of hydrogen-bond donors (Lipinski definition) is 0. The average molecular weight is 187 g/mol. The molecule has 0 fully saturated rings. The lowest BCUT2D eigenvalue weighted by Crippen LogP contribution is -1.99. The monoisotopic (exact) mass is 186 g/mol. The van der Waals surface area contributed by atoms with Gasteiger partial charge in [-0.25, -0.2) is 4.39 Å². The van der Waals surface area contributed by atoms with Gasteiger partial charge in [0.1, 0.15) is 11.6 Å². The molecule has 1 nitrogen and oxygen atoms in total. The quantitative estimate of drug-likeness (QED) is 0.694. The van der Waals surface area contributed by atoms with Crippen molar-refractivity contribution in [3.63, 3.8) is 0 Å². The third kappa shape index (κ3) is 2.05. The normalized spacial score (nSPS) is 9.92. The highest BCUT2D eigenvalue weighted by molar-refractivity contribution is 6.31. The van der Waals surface area contributed by atoms with Crippen LogP contribution in [0.4, 0.5) is 4.39 Å². The number of rotatable bonds is 2. The predicted octanol–water partition coefficient (Wildman–Crippen LogP) is 2.61. The van der Waals surface area contributed by atoms with E-state index >= 15 is 0 Å². The van der Waals surface area contributed by atoms with E-state index < -0.39 is 5.82 Å². The summed E-state index contributed by atoms with van der Waals surface area (Å²) in [6.07, 6.45) is 0.0610. The maximum absolute atomic E-state index is 13.0. The van der Waals surface area contributed by atoms with Crippen LogP contribution in [0.5, 0.6) is 0 Å². The molecule has 0 N–H and O–H groups in total. The summed E-state index contributed by atoms with van der Waals surface area (Å²) in [6.45, 7) is 1.41. The molecule has 1 aromatic carbocycles. The Labute approximate surface area is 75.2 Å². The highest BCUT2D eigenvalue weighted by Gasteiger charge is 2.07. The lowest BCUT2D eigenvalue weighted by molar-refractivity contribution is -0.116. The molecule has 0 aliphatic carbocycles. The molecule has 0 bridgehead atoms. The van der Waals surface area contributed by atoms with E-state index in [0.29, 0.717) is 5.02 Å². The standard InChI is InChI=1S/C9H8ClFO/c1-6(12)5-7-8(10)3-2-4-9(7)11/h2-4H,5H2,1H3. The SMILES string of the molecule is CC(=O)Cc1c(F)cccc1Cl. The molecule has 0 aliphatic rings. The van der Waals surface area contributed by atoms with Crippen molar-refractivity contribution < 1.29 is 9.18 Å². The smallest absolute Gasteiger partial charge is 0.134 e. The first kappa shape index (κ1) is 9.20. The molecule has 3 heteroatoms. The van der Waals surface area contributed by atoms with Crippen molar-refractivity contribution in [2.75, 3.05) is 0 Å². The molecule has 0 saturated heterocycles. The van der Waals surface area contributed by atoms with Gasteiger partial charge in [-0.15, -0.1) is 0 Å². The number of ketones is 1. The highest BCUT2D eigenvalue weighted by atomic mass is 35.5. The summed E-state index contributed by atoms with van der Waals surface area (Å²) in [5, 5.41) is 0.310. The van der Waals surface area contributed by atoms with Gasteiger partial charge in [0.05, 0.1) is 0 Å². The second kappa shape index (κ2) is 3.68.